The van der Waals surface area contributed by atoms with Crippen molar-refractivity contribution in [1.29, 1.82) is 0 Å². The summed E-state index contributed by atoms with van der Waals surface area (Å²) in [6.07, 6.45) is -6.81. The third-order valence-corrected chi connectivity index (χ3v) is 2.88. The summed E-state index contributed by atoms with van der Waals surface area (Å²) in [6, 6.07) is 2.62. The van der Waals surface area contributed by atoms with Crippen LogP contribution in [0.1, 0.15) is 16.7 Å². The van der Waals surface area contributed by atoms with E-state index in [2.05, 4.69) is 0 Å². The van der Waals surface area contributed by atoms with Crippen LogP contribution in [0.2, 0.25) is 0 Å². The van der Waals surface area contributed by atoms with E-state index in [1.54, 1.807) is 0 Å². The molecule has 0 aliphatic carbocycles. The number of aryl methyl sites for hydroxylation is 2. The molecule has 0 unspecified atom stereocenters. The molecule has 0 amide bonds. The third kappa shape index (κ3) is 2.57. The summed E-state index contributed by atoms with van der Waals surface area (Å²) in [5.41, 5.74) is -2.08. The Bertz CT molecular complexity index is 528. The minimum absolute atomic E-state index is 0.0152. The molecule has 0 spiro atoms. The molecule has 0 nitrogen and oxygen atoms in total. The van der Waals surface area contributed by atoms with Crippen molar-refractivity contribution in [1.82, 2.24) is 0 Å². The maximum Gasteiger partial charge on any atom is 0.460 e. The van der Waals surface area contributed by atoms with E-state index >= 15 is 0 Å². The van der Waals surface area contributed by atoms with Gasteiger partial charge in [0.05, 0.1) is 0 Å². The van der Waals surface area contributed by atoms with Crippen molar-refractivity contribution >= 4 is 0 Å². The van der Waals surface area contributed by atoms with Gasteiger partial charge in [0.15, 0.2) is 0 Å². The zero-order valence-corrected chi connectivity index (χ0v) is 10.6. The van der Waals surface area contributed by atoms with Crippen molar-refractivity contribution in [2.24, 2.45) is 0 Å². The number of hydrogen-bond acceptors (Lipinski definition) is 0. The lowest BCUT2D eigenvalue weighted by Gasteiger charge is -2.34. The number of alkyl halides is 9. The fourth-order valence-corrected chi connectivity index (χ4v) is 1.62. The molecule has 0 fully saturated rings. The minimum Gasteiger partial charge on any atom is -0.194 e. The molecule has 0 aliphatic rings. The molecule has 1 aromatic carbocycles. The van der Waals surface area contributed by atoms with Crippen LogP contribution in [0.25, 0.3) is 0 Å². The lowest BCUT2D eigenvalue weighted by Crippen LogP contribution is -2.59. The highest BCUT2D eigenvalue weighted by Crippen LogP contribution is 2.57. The Morgan fingerprint density at radius 1 is 0.714 bits per heavy atom. The van der Waals surface area contributed by atoms with E-state index in [0.717, 1.165) is 13.0 Å². The average molecular weight is 324 g/mol. The van der Waals surface area contributed by atoms with Gasteiger partial charge in [0.25, 0.3) is 0 Å². The smallest absolute Gasteiger partial charge is 0.194 e. The van der Waals surface area contributed by atoms with E-state index in [1.807, 2.05) is 0 Å². The van der Waals surface area contributed by atoms with E-state index < -0.39 is 35.1 Å². The molecule has 1 aromatic rings. The Morgan fingerprint density at radius 2 is 1.19 bits per heavy atom. The van der Waals surface area contributed by atoms with Crippen molar-refractivity contribution in [3.8, 4) is 0 Å². The van der Waals surface area contributed by atoms with E-state index in [1.165, 1.54) is 13.0 Å². The lowest BCUT2D eigenvalue weighted by atomic mass is 9.92. The van der Waals surface area contributed by atoms with E-state index in [9.17, 15) is 39.5 Å². The molecular weight excluding hydrogens is 315 g/mol. The number of benzene rings is 1. The molecule has 0 bridgehead atoms. The first kappa shape index (κ1) is 17.6. The quantitative estimate of drug-likeness (QED) is 0.668. The first-order chi connectivity index (χ1) is 9.16. The topological polar surface area (TPSA) is 0 Å². The summed E-state index contributed by atoms with van der Waals surface area (Å²) in [7, 11) is 0. The van der Waals surface area contributed by atoms with Crippen molar-refractivity contribution in [2.45, 2.75) is 37.8 Å². The van der Waals surface area contributed by atoms with E-state index in [4.69, 9.17) is 0 Å². The second kappa shape index (κ2) is 4.81. The predicted octanol–water partition coefficient (Wildman–Crippen LogP) is 5.23. The zero-order chi connectivity index (χ0) is 16.9. The molecule has 21 heavy (non-hydrogen) atoms. The van der Waals surface area contributed by atoms with Gasteiger partial charge in [-0.15, -0.1) is 0 Å². The van der Waals surface area contributed by atoms with Gasteiger partial charge in [-0.2, -0.15) is 39.5 Å². The minimum atomic E-state index is -6.88. The molecule has 0 saturated carbocycles. The first-order valence-electron chi connectivity index (χ1n) is 5.44. The Kier molecular flexibility index (Phi) is 4.04. The normalized spacial score (nSPS) is 14.4. The highest BCUT2D eigenvalue weighted by atomic mass is 19.4. The van der Waals surface area contributed by atoms with Crippen LogP contribution in [0, 0.1) is 13.8 Å². The highest BCUT2D eigenvalue weighted by molar-refractivity contribution is 5.36. The van der Waals surface area contributed by atoms with Crippen LogP contribution < -0.4 is 0 Å². The SMILES string of the molecule is Cc1ccc(C)c(C(F)(F)C(F)(F)C(F)(F)C(F)(F)F)c1. The van der Waals surface area contributed by atoms with Gasteiger partial charge >= 0.3 is 23.9 Å². The van der Waals surface area contributed by atoms with Gasteiger partial charge in [-0.25, -0.2) is 0 Å². The number of halogens is 9. The summed E-state index contributed by atoms with van der Waals surface area (Å²) in [5.74, 6) is -19.2. The monoisotopic (exact) mass is 324 g/mol. The second-order valence-corrected chi connectivity index (χ2v) is 4.54. The van der Waals surface area contributed by atoms with Crippen LogP contribution in [-0.4, -0.2) is 18.0 Å². The van der Waals surface area contributed by atoms with Crippen molar-refractivity contribution < 1.29 is 39.5 Å². The van der Waals surface area contributed by atoms with Gasteiger partial charge < -0.3 is 0 Å². The predicted molar refractivity (Wildman–Crippen MR) is 55.8 cm³/mol. The van der Waals surface area contributed by atoms with E-state index in [0.29, 0.717) is 6.07 Å². The Balaban J connectivity index is 3.51. The fraction of sp³-hybridized carbons (Fsp3) is 0.500. The molecule has 0 saturated heterocycles. The molecule has 0 aromatic heterocycles. The Morgan fingerprint density at radius 3 is 1.62 bits per heavy atom. The van der Waals surface area contributed by atoms with Crippen LogP contribution >= 0.6 is 0 Å². The first-order valence-corrected chi connectivity index (χ1v) is 5.44. The molecule has 9 heteroatoms. The standard InChI is InChI=1S/C12H9F9/c1-6-3-4-7(2)8(5-6)9(13,14)10(15,16)11(17,18)12(19,20)21/h3-5H,1-2H3. The highest BCUT2D eigenvalue weighted by Gasteiger charge is 2.82. The van der Waals surface area contributed by atoms with Crippen molar-refractivity contribution in [2.75, 3.05) is 0 Å². The van der Waals surface area contributed by atoms with Gasteiger partial charge in [0, 0.05) is 5.56 Å². The summed E-state index contributed by atoms with van der Waals surface area (Å²) >= 11 is 0. The lowest BCUT2D eigenvalue weighted by molar-refractivity contribution is -0.399. The van der Waals surface area contributed by atoms with Gasteiger partial charge in [-0.3, -0.25) is 0 Å². The summed E-state index contributed by atoms with van der Waals surface area (Å²) in [4.78, 5) is 0. The number of hydrogen-bond donors (Lipinski definition) is 0. The summed E-state index contributed by atoms with van der Waals surface area (Å²) < 4.78 is 115. The summed E-state index contributed by atoms with van der Waals surface area (Å²) in [5, 5.41) is 0. The van der Waals surface area contributed by atoms with Gasteiger partial charge in [0.1, 0.15) is 0 Å². The van der Waals surface area contributed by atoms with Crippen LogP contribution in [0.3, 0.4) is 0 Å². The Labute approximate surface area is 113 Å². The van der Waals surface area contributed by atoms with Gasteiger partial charge in [-0.1, -0.05) is 17.7 Å². The van der Waals surface area contributed by atoms with Gasteiger partial charge in [0.2, 0.25) is 0 Å². The van der Waals surface area contributed by atoms with Crippen LogP contribution in [-0.2, 0) is 5.92 Å². The maximum atomic E-state index is 13.7. The molecule has 0 atom stereocenters. The van der Waals surface area contributed by atoms with E-state index in [-0.39, 0.29) is 5.56 Å². The third-order valence-electron chi connectivity index (χ3n) is 2.88. The summed E-state index contributed by atoms with van der Waals surface area (Å²) in [6.45, 7) is 2.11. The molecular formula is C12H9F9. The Hall–Kier alpha value is -1.41. The molecule has 0 N–H and O–H groups in total. The van der Waals surface area contributed by atoms with Gasteiger partial charge in [-0.05, 0) is 25.5 Å². The van der Waals surface area contributed by atoms with Crippen LogP contribution in [0.15, 0.2) is 18.2 Å². The largest absolute Gasteiger partial charge is 0.460 e. The number of rotatable bonds is 3. The van der Waals surface area contributed by atoms with Crippen molar-refractivity contribution in [3.05, 3.63) is 34.9 Å². The maximum absolute atomic E-state index is 13.7. The zero-order valence-electron chi connectivity index (χ0n) is 10.6. The fourth-order valence-electron chi connectivity index (χ4n) is 1.62. The molecule has 0 aliphatic heterocycles. The van der Waals surface area contributed by atoms with Crippen molar-refractivity contribution in [3.63, 3.8) is 0 Å². The molecule has 0 heterocycles. The average Bonchev–Trinajstić information content (AvgIpc) is 2.30. The molecule has 0 radical (unpaired) electrons. The second-order valence-electron chi connectivity index (χ2n) is 4.54. The van der Waals surface area contributed by atoms with Crippen LogP contribution in [0.4, 0.5) is 39.5 Å². The van der Waals surface area contributed by atoms with Crippen LogP contribution in [0.5, 0.6) is 0 Å². The molecule has 120 valence electrons. The molecule has 1 rings (SSSR count).